The second kappa shape index (κ2) is 43.4. The smallest absolute Gasteiger partial charge is 0.460 e. The van der Waals surface area contributed by atoms with E-state index in [9.17, 15) is 0 Å². The fourth-order valence-electron chi connectivity index (χ4n) is 16.3. The number of rotatable bonds is 16. The van der Waals surface area contributed by atoms with Crippen LogP contribution in [0.3, 0.4) is 0 Å². The van der Waals surface area contributed by atoms with Crippen molar-refractivity contribution in [1.29, 1.82) is 0 Å². The molecule has 0 N–H and O–H groups in total. The molecule has 12 aromatic carbocycles. The van der Waals surface area contributed by atoms with Crippen LogP contribution in [0.5, 0.6) is 46.5 Å². The van der Waals surface area contributed by atoms with Crippen molar-refractivity contribution in [3.8, 4) is 115 Å². The number of hydrogen-bond donors (Lipinski definition) is 0. The Hall–Kier alpha value is -15.8. The normalized spacial score (nSPS) is 11.1. The number of aryl methyl sites for hydroxylation is 8. The molecule has 24 rings (SSSR count). The topological polar surface area (TPSA) is 302 Å². The molecule has 24 aromatic rings. The third kappa shape index (κ3) is 21.2. The first-order valence-corrected chi connectivity index (χ1v) is 44.9. The molecule has 0 aliphatic carbocycles. The van der Waals surface area contributed by atoms with E-state index in [4.69, 9.17) is 23.9 Å². The largest absolute Gasteiger partial charge is 2.00 e. The predicted molar refractivity (Wildman–Crippen MR) is 536 cm³/mol. The van der Waals surface area contributed by atoms with Gasteiger partial charge in [-0.3, -0.25) is 18.3 Å². The summed E-state index contributed by atoms with van der Waals surface area (Å²) in [5.74, 6) is 7.75. The van der Waals surface area contributed by atoms with Gasteiger partial charge in [0.05, 0.1) is 11.4 Å². The van der Waals surface area contributed by atoms with Crippen LogP contribution >= 0.6 is 0 Å². The zero-order valence-corrected chi connectivity index (χ0v) is 88.0. The van der Waals surface area contributed by atoms with E-state index in [0.717, 1.165) is 165 Å². The van der Waals surface area contributed by atoms with E-state index in [-0.39, 0.29) is 89.7 Å². The molecule has 0 aliphatic rings. The van der Waals surface area contributed by atoms with E-state index < -0.39 is 0 Å². The van der Waals surface area contributed by atoms with Crippen molar-refractivity contribution in [2.24, 2.45) is 0 Å². The van der Waals surface area contributed by atoms with Crippen LogP contribution in [-0.2, 0) is 89.7 Å². The Morgan fingerprint density at radius 1 is 0.236 bits per heavy atom. The molecule has 712 valence electrons. The average Bonchev–Trinajstić information content (AvgIpc) is 1.60. The van der Waals surface area contributed by atoms with Gasteiger partial charge >= 0.3 is 84.3 Å². The maximum absolute atomic E-state index is 6.09. The number of fused-ring (bicyclic) bond motifs is 12. The summed E-state index contributed by atoms with van der Waals surface area (Å²) in [6.07, 6.45) is 7.01. The second-order valence-electron chi connectivity index (χ2n) is 34.2. The quantitative estimate of drug-likeness (QED) is 0.0812. The monoisotopic (exact) mass is 2600 g/mol. The summed E-state index contributed by atoms with van der Waals surface area (Å²) in [6, 6.07) is 115. The average molecular weight is 2610 g/mol. The minimum Gasteiger partial charge on any atom is -0.460 e. The van der Waals surface area contributed by atoms with Crippen molar-refractivity contribution in [3.05, 3.63) is 391 Å². The Balaban J connectivity index is 0.000000131. The SMILES string of the molecule is Cc1ccc(Oc2[c-]c(-c3[c-]c4c(cc3)c3ccccc3n4-c3nnc(C)nn3)ccc2)nc1.Cc1ccnc(Oc2[c-]c(-c3[c-]c4c(cc3)c3ccccc3n4-c3nnc(C)c(C)n3)ccc2)c1.Cc1ccnc(Oc2[c-]c(-c3[c-]c4c(cc3)c3ccccc3n4-c3nnc(C)nn3)ccc2)c1.Cc1nnc(-n2c3[c-]c(-c4[c-]c(Oc5cc(C(C)(C)C)ccn5)ccc4)ccc3c3ccccc32)nn1.[Pt+2].[Pt+2].[Pt+2].[Pt+2]. The van der Waals surface area contributed by atoms with Gasteiger partial charge in [-0.05, 0) is 169 Å². The summed E-state index contributed by atoms with van der Waals surface area (Å²) in [4.78, 5) is 22.0. The van der Waals surface area contributed by atoms with Gasteiger partial charge in [-0.2, -0.15) is 102 Å². The van der Waals surface area contributed by atoms with Crippen molar-refractivity contribution < 1.29 is 103 Å². The van der Waals surface area contributed by atoms with Crippen LogP contribution in [0.2, 0.25) is 0 Å². The van der Waals surface area contributed by atoms with Crippen LogP contribution in [0.1, 0.15) is 71.9 Å². The molecule has 0 radical (unpaired) electrons. The van der Waals surface area contributed by atoms with Gasteiger partial charge in [-0.25, -0.2) is 69.4 Å². The molecular weight excluding hydrogens is 2520 g/mol. The number of nitrogens with zero attached hydrogens (tertiary/aromatic N) is 23. The first-order chi connectivity index (χ1) is 68.2. The maximum atomic E-state index is 6.09. The van der Waals surface area contributed by atoms with Crippen LogP contribution in [0, 0.1) is 104 Å². The number of pyridine rings is 4. The summed E-state index contributed by atoms with van der Waals surface area (Å²) in [7, 11) is 0. The Labute approximate surface area is 885 Å². The molecule has 0 saturated heterocycles. The summed E-state index contributed by atoms with van der Waals surface area (Å²) in [5, 5.41) is 67.6. The third-order valence-electron chi connectivity index (χ3n) is 23.3. The van der Waals surface area contributed by atoms with E-state index in [1.165, 1.54) is 0 Å². The fourth-order valence-corrected chi connectivity index (χ4v) is 16.3. The van der Waals surface area contributed by atoms with Crippen LogP contribution in [0.4, 0.5) is 0 Å². The number of aromatic nitrogens is 23. The molecule has 27 nitrogen and oxygen atoms in total. The van der Waals surface area contributed by atoms with Crippen LogP contribution in [0.25, 0.3) is 156 Å². The van der Waals surface area contributed by atoms with E-state index in [0.29, 0.717) is 87.8 Å². The first-order valence-electron chi connectivity index (χ1n) is 44.9. The van der Waals surface area contributed by atoms with E-state index >= 15 is 0 Å². The molecule has 31 heteroatoms. The van der Waals surface area contributed by atoms with Gasteiger partial charge in [-0.15, -0.1) is 139 Å². The molecule has 0 amide bonds. The number of ether oxygens (including phenoxy) is 4. The van der Waals surface area contributed by atoms with Gasteiger partial charge in [0.2, 0.25) is 23.5 Å². The molecule has 0 saturated carbocycles. The minimum absolute atomic E-state index is 0. The molecule has 0 bridgehead atoms. The van der Waals surface area contributed by atoms with Crippen molar-refractivity contribution in [1.82, 2.24) is 115 Å². The number of benzene rings is 12. The summed E-state index contributed by atoms with van der Waals surface area (Å²) >= 11 is 0. The van der Waals surface area contributed by atoms with Crippen LogP contribution in [0.15, 0.2) is 292 Å². The Bertz CT molecular complexity index is 8830. The Kier molecular flexibility index (Phi) is 30.0. The van der Waals surface area contributed by atoms with Crippen LogP contribution < -0.4 is 18.9 Å². The van der Waals surface area contributed by atoms with Gasteiger partial charge in [0.15, 0.2) is 17.5 Å². The molecule has 0 spiro atoms. The standard InChI is InChI=1S/C30H24N6O.C29H21N5O.2C27H18N6O.4Pt/c1-19-32-34-29(35-33-19)36-26-11-6-5-10-24(26)25-13-12-21(17-27(25)36)20-8-7-9-23(16-20)37-28-18-22(14-15-31-28)30(2,3)4;1-18-13-14-30-28(15-18)35-23-8-6-7-21(16-23)22-11-12-25-24-9-4-5-10-26(24)34(27(25)17-22)29-31-19(2)20(3)32-33-29;1-17-10-13-26(28-16-17)34-21-7-5-6-19(14-21)20-11-12-23-22-8-3-4-9-24(22)33(25(23)15-20)27-31-29-18(2)30-32-27;1-17-12-13-28-26(14-17)34-21-7-5-6-19(15-21)20-10-11-23-22-8-3-4-9-24(22)33(25(23)16-20)27-31-29-18(2)30-32-27;;;;/h5-15,18H,1-4H3;4-15H,1-3H3;3-13,16H,1-2H3;3-14H,1-2H3;;;;/q4*-2;4*+2. The molecule has 0 atom stereocenters. The van der Waals surface area contributed by atoms with Gasteiger partial charge in [-0.1, -0.05) is 121 Å². The molecule has 0 fully saturated rings. The maximum Gasteiger partial charge on any atom is 2.00 e. The summed E-state index contributed by atoms with van der Waals surface area (Å²) in [6.45, 7) is 21.6. The van der Waals surface area contributed by atoms with Crippen molar-refractivity contribution in [2.45, 2.75) is 81.6 Å². The zero-order valence-electron chi connectivity index (χ0n) is 78.9. The van der Waals surface area contributed by atoms with Gasteiger partial charge in [0.1, 0.15) is 0 Å². The minimum atomic E-state index is 0. The first kappa shape index (κ1) is 99.8. The molecule has 12 aromatic heterocycles. The van der Waals surface area contributed by atoms with Crippen molar-refractivity contribution in [3.63, 3.8) is 0 Å². The van der Waals surface area contributed by atoms with E-state index in [1.807, 2.05) is 259 Å². The molecular formula is C113H81N23O4Pt4. The Morgan fingerprint density at radius 2 is 0.535 bits per heavy atom. The molecule has 144 heavy (non-hydrogen) atoms. The van der Waals surface area contributed by atoms with Gasteiger partial charge in [0.25, 0.3) is 23.8 Å². The summed E-state index contributed by atoms with van der Waals surface area (Å²) < 4.78 is 31.7. The number of hydrogen-bond acceptors (Lipinski definition) is 23. The predicted octanol–water partition coefficient (Wildman–Crippen LogP) is 23.6. The molecule has 12 heterocycles. The van der Waals surface area contributed by atoms with E-state index in [1.54, 1.807) is 45.6 Å². The molecule has 0 aliphatic heterocycles. The van der Waals surface area contributed by atoms with E-state index in [2.05, 4.69) is 221 Å². The number of para-hydroxylation sites is 4. The zero-order chi connectivity index (χ0) is 95.7. The fraction of sp³-hybridized carbons (Fsp3) is 0.106. The van der Waals surface area contributed by atoms with Crippen LogP contribution in [-0.4, -0.2) is 115 Å². The molecule has 0 unspecified atom stereocenters. The second-order valence-corrected chi connectivity index (χ2v) is 34.2. The van der Waals surface area contributed by atoms with Gasteiger partial charge < -0.3 is 18.9 Å². The van der Waals surface area contributed by atoms with Gasteiger partial charge in [0, 0.05) is 94.1 Å². The van der Waals surface area contributed by atoms with Crippen molar-refractivity contribution in [2.75, 3.05) is 0 Å². The van der Waals surface area contributed by atoms with Crippen molar-refractivity contribution >= 4 is 87.2 Å². The summed E-state index contributed by atoms with van der Waals surface area (Å²) in [5.41, 5.74) is 20.3. The Morgan fingerprint density at radius 3 is 0.847 bits per heavy atom. The third-order valence-corrected chi connectivity index (χ3v) is 23.3.